The Hall–Kier alpha value is -0.540. The van der Waals surface area contributed by atoms with Crippen LogP contribution in [0.25, 0.3) is 0 Å². The number of rotatable bonds is 21. The second kappa shape index (κ2) is 26.1. The molecule has 0 aliphatic rings. The minimum atomic E-state index is -1.32. The molecule has 2 amide bonds. The lowest BCUT2D eigenvalue weighted by atomic mass is 11.1. The van der Waals surface area contributed by atoms with E-state index in [1.807, 2.05) is 0 Å². The van der Waals surface area contributed by atoms with E-state index in [0.29, 0.717) is 11.8 Å². The Morgan fingerprint density at radius 2 is 1.42 bits per heavy atom. The van der Waals surface area contributed by atoms with Gasteiger partial charge in [-0.3, -0.25) is 9.20 Å². The monoisotopic (exact) mass is 586 g/mol. The van der Waals surface area contributed by atoms with Gasteiger partial charge in [-0.2, -0.15) is 4.89 Å². The predicted octanol–water partition coefficient (Wildman–Crippen LogP) is 1.42. The Bertz CT molecular complexity index is 591. The van der Waals surface area contributed by atoms with Crippen molar-refractivity contribution in [2.45, 2.75) is 0 Å². The van der Waals surface area contributed by atoms with Gasteiger partial charge >= 0.3 is 12.2 Å². The van der Waals surface area contributed by atoms with E-state index in [1.165, 1.54) is 40.8 Å². The van der Waals surface area contributed by atoms with Crippen molar-refractivity contribution in [2.75, 3.05) is 58.3 Å². The largest absolute Gasteiger partial charge is 0.438 e. The molecule has 0 aromatic carbocycles. The molecule has 0 spiro atoms. The van der Waals surface area contributed by atoms with Crippen LogP contribution in [0.15, 0.2) is 9.98 Å². The fourth-order valence-electron chi connectivity index (χ4n) is 1.20. The second-order valence-electron chi connectivity index (χ2n) is 4.69. The summed E-state index contributed by atoms with van der Waals surface area (Å²) in [5.41, 5.74) is 1.30. The first kappa shape index (κ1) is 32.5. The average molecular weight is 587 g/mol. The molecule has 13 nitrogen and oxygen atoms in total. The molecule has 33 heavy (non-hydrogen) atoms. The maximum Gasteiger partial charge on any atom is 0.408 e. The number of amides is 2. The van der Waals surface area contributed by atoms with Crippen molar-refractivity contribution in [3.05, 3.63) is 0 Å². The average Bonchev–Trinajstić information content (AvgIpc) is 2.80. The molecule has 0 saturated heterocycles. The molecule has 0 radical (unpaired) electrons. The van der Waals surface area contributed by atoms with E-state index in [4.69, 9.17) is 19.7 Å². The second-order valence-corrected chi connectivity index (χ2v) is 11.0. The fraction of sp³-hybridized carbons (Fsp3) is 0.714. The van der Waals surface area contributed by atoms with Crippen LogP contribution in [-0.2, 0) is 30.0 Å². The third-order valence-corrected chi connectivity index (χ3v) is 6.94. The topological polar surface area (TPSA) is 177 Å². The Morgan fingerprint density at radius 1 is 0.848 bits per heavy atom. The van der Waals surface area contributed by atoms with Gasteiger partial charge in [-0.25, -0.2) is 14.6 Å². The number of carbonyl (C=O) groups is 2. The lowest BCUT2D eigenvalue weighted by molar-refractivity contribution is -0.196. The minimum Gasteiger partial charge on any atom is -0.438 e. The Labute approximate surface area is 215 Å². The van der Waals surface area contributed by atoms with Gasteiger partial charge in [0.15, 0.2) is 0 Å². The van der Waals surface area contributed by atoms with Crippen LogP contribution in [0.1, 0.15) is 0 Å². The molecule has 19 heteroatoms. The number of alkyl carbamates (subject to hydrolysis) is 2. The lowest BCUT2D eigenvalue weighted by Gasteiger charge is -2.05. The summed E-state index contributed by atoms with van der Waals surface area (Å²) < 4.78 is 21.4. The van der Waals surface area contributed by atoms with Crippen molar-refractivity contribution in [1.29, 1.82) is 0 Å². The molecule has 0 aromatic heterocycles. The summed E-state index contributed by atoms with van der Waals surface area (Å²) >= 11 is 5.98. The number of aliphatic hydroxyl groups excluding tert-OH is 2. The van der Waals surface area contributed by atoms with E-state index in [0.717, 1.165) is 29.9 Å². The predicted molar refractivity (Wildman–Crippen MR) is 138 cm³/mol. The van der Waals surface area contributed by atoms with Crippen LogP contribution in [-0.4, -0.2) is 96.8 Å². The molecule has 4 N–H and O–H groups in total. The fourth-order valence-corrected chi connectivity index (χ4v) is 4.33. The van der Waals surface area contributed by atoms with E-state index < -0.39 is 23.0 Å². The van der Waals surface area contributed by atoms with Gasteiger partial charge in [-0.1, -0.05) is 11.8 Å². The Morgan fingerprint density at radius 3 is 2.06 bits per heavy atom. The molecule has 0 fully saturated rings. The summed E-state index contributed by atoms with van der Waals surface area (Å²) in [6.45, 7) is 0. The SMILES string of the molecule is O=C(NCSC/N=C/S(=O)CSCOC(=O)NCSC/N=C/OOCSCO)OCSCO. The maximum atomic E-state index is 11.8. The van der Waals surface area contributed by atoms with Crippen LogP contribution < -0.4 is 10.6 Å². The normalized spacial score (nSPS) is 12.1. The minimum absolute atomic E-state index is 0.0423. The van der Waals surface area contributed by atoms with Gasteiger partial charge < -0.3 is 35.2 Å². The van der Waals surface area contributed by atoms with Crippen LogP contribution in [0.5, 0.6) is 0 Å². The number of nitrogens with one attached hydrogen (secondary N) is 2. The molecule has 0 rings (SSSR count). The molecule has 0 bridgehead atoms. The van der Waals surface area contributed by atoms with Crippen molar-refractivity contribution in [1.82, 2.24) is 10.6 Å². The summed E-state index contributed by atoms with van der Waals surface area (Å²) in [5, 5.41) is 22.3. The highest BCUT2D eigenvalue weighted by molar-refractivity contribution is 8.15. The van der Waals surface area contributed by atoms with E-state index in [-0.39, 0.29) is 46.5 Å². The highest BCUT2D eigenvalue weighted by Crippen LogP contribution is 2.04. The highest BCUT2D eigenvalue weighted by Gasteiger charge is 2.03. The quantitative estimate of drug-likeness (QED) is 0.0379. The number of carbonyl (C=O) groups excluding carboxylic acids is 2. The van der Waals surface area contributed by atoms with Gasteiger partial charge in [-0.05, 0) is 0 Å². The maximum absolute atomic E-state index is 11.8. The number of nitrogens with zero attached hydrogens (tertiary/aromatic N) is 2. The first-order valence-electron chi connectivity index (χ1n) is 8.65. The number of aliphatic hydroxyl groups is 2. The zero-order chi connectivity index (χ0) is 24.4. The molecule has 0 aliphatic heterocycles. The van der Waals surface area contributed by atoms with Gasteiger partial charge in [0, 0.05) is 0 Å². The molecule has 0 heterocycles. The highest BCUT2D eigenvalue weighted by atomic mass is 32.2. The smallest absolute Gasteiger partial charge is 0.408 e. The first-order chi connectivity index (χ1) is 16.1. The molecule has 0 aromatic rings. The molecule has 0 saturated carbocycles. The molecular formula is C14H26N4O9S6. The van der Waals surface area contributed by atoms with Crippen LogP contribution in [0, 0.1) is 0 Å². The Balaban J connectivity index is 3.51. The van der Waals surface area contributed by atoms with Crippen LogP contribution in [0.3, 0.4) is 0 Å². The van der Waals surface area contributed by atoms with Crippen molar-refractivity contribution < 1.29 is 43.3 Å². The number of hydrogen-bond donors (Lipinski definition) is 4. The van der Waals surface area contributed by atoms with Gasteiger partial charge in [0.2, 0.25) is 6.40 Å². The lowest BCUT2D eigenvalue weighted by Crippen LogP contribution is -2.24. The zero-order valence-corrected chi connectivity index (χ0v) is 22.2. The summed E-state index contributed by atoms with van der Waals surface area (Å²) in [4.78, 5) is 39.8. The number of aliphatic imine (C=N–C) groups is 2. The summed E-state index contributed by atoms with van der Waals surface area (Å²) in [6, 6.07) is 0. The van der Waals surface area contributed by atoms with E-state index in [2.05, 4.69) is 30.4 Å². The number of thioether (sulfide) groups is 5. The van der Waals surface area contributed by atoms with E-state index >= 15 is 0 Å². The van der Waals surface area contributed by atoms with Crippen molar-refractivity contribution >= 4 is 93.7 Å². The molecule has 192 valence electrons. The van der Waals surface area contributed by atoms with Crippen LogP contribution in [0.4, 0.5) is 9.59 Å². The summed E-state index contributed by atoms with van der Waals surface area (Å²) in [5.74, 6) is 1.33. The Kier molecular flexibility index (Phi) is 25.6. The van der Waals surface area contributed by atoms with Crippen LogP contribution in [0.2, 0.25) is 0 Å². The molecule has 1 unspecified atom stereocenters. The summed E-state index contributed by atoms with van der Waals surface area (Å²) in [6.07, 6.45) is -0.0679. The van der Waals surface area contributed by atoms with Crippen molar-refractivity contribution in [2.24, 2.45) is 9.98 Å². The van der Waals surface area contributed by atoms with Crippen LogP contribution >= 0.6 is 58.8 Å². The van der Waals surface area contributed by atoms with E-state index in [9.17, 15) is 13.8 Å². The van der Waals surface area contributed by atoms with Gasteiger partial charge in [0.25, 0.3) is 0 Å². The van der Waals surface area contributed by atoms with E-state index in [1.54, 1.807) is 0 Å². The third-order valence-electron chi connectivity index (χ3n) is 2.41. The number of hydrogen-bond acceptors (Lipinski definition) is 16. The first-order valence-corrected chi connectivity index (χ1v) is 15.8. The van der Waals surface area contributed by atoms with Crippen molar-refractivity contribution in [3.63, 3.8) is 0 Å². The van der Waals surface area contributed by atoms with Crippen molar-refractivity contribution in [3.8, 4) is 0 Å². The van der Waals surface area contributed by atoms with Gasteiger partial charge in [-0.15, -0.1) is 47.0 Å². The molecular weight excluding hydrogens is 561 g/mol. The third kappa shape index (κ3) is 25.9. The standard InChI is InChI=1S/C14H26N4O9S6/c19-7-30-9-24-13(21)18-5-29-3-16-6-33(23)12-32-10-25-14(22)17-4-28-2-15-1-26-27-11-31-8-20/h1,6,19-20H,2-5,7-12H2,(H,17,22)(H,18,21)/b15-1+,16-6+. The molecule has 0 aliphatic carbocycles. The zero-order valence-electron chi connectivity index (χ0n) is 17.3. The van der Waals surface area contributed by atoms with Gasteiger partial charge in [0.05, 0.1) is 56.8 Å². The van der Waals surface area contributed by atoms with Gasteiger partial charge in [0.1, 0.15) is 17.8 Å². The summed E-state index contributed by atoms with van der Waals surface area (Å²) in [7, 11) is -1.32. The number of ether oxygens (including phenoxy) is 2. The molecule has 1 atom stereocenters.